The van der Waals surface area contributed by atoms with Gasteiger partial charge in [-0.15, -0.1) is 0 Å². The summed E-state index contributed by atoms with van der Waals surface area (Å²) in [4.78, 5) is 70.2. The average Bonchev–Trinajstić information content (AvgIpc) is 3.04. The van der Waals surface area contributed by atoms with E-state index in [1.165, 1.54) is 30.9 Å². The zero-order valence-electron chi connectivity index (χ0n) is 17.4. The van der Waals surface area contributed by atoms with Crippen LogP contribution in [0.1, 0.15) is 46.5 Å². The lowest BCUT2D eigenvalue weighted by atomic mass is 10.1. The summed E-state index contributed by atoms with van der Waals surface area (Å²) in [5.74, 6) is 0.178. The summed E-state index contributed by atoms with van der Waals surface area (Å²) in [6.45, 7) is 4.83. The predicted molar refractivity (Wildman–Crippen MR) is 107 cm³/mol. The Morgan fingerprint density at radius 2 is 1.63 bits per heavy atom. The van der Waals surface area contributed by atoms with Crippen molar-refractivity contribution in [3.05, 3.63) is 17.8 Å². The van der Waals surface area contributed by atoms with Crippen molar-refractivity contribution in [2.24, 2.45) is 0 Å². The lowest BCUT2D eigenvalue weighted by Gasteiger charge is -2.17. The number of rotatable bonds is 12. The molecule has 10 heteroatoms. The molecule has 30 heavy (non-hydrogen) atoms. The van der Waals surface area contributed by atoms with Crippen molar-refractivity contribution in [1.29, 1.82) is 0 Å². The maximum atomic E-state index is 11.9. The van der Waals surface area contributed by atoms with Gasteiger partial charge >= 0.3 is 0 Å². The maximum absolute atomic E-state index is 11.9. The van der Waals surface area contributed by atoms with Crippen LogP contribution in [0.4, 0.5) is 0 Å². The minimum atomic E-state index is -0.768. The first-order valence-electron chi connectivity index (χ1n) is 9.77. The van der Waals surface area contributed by atoms with Crippen molar-refractivity contribution >= 4 is 35.4 Å². The van der Waals surface area contributed by atoms with Crippen LogP contribution in [0.25, 0.3) is 0 Å². The maximum Gasteiger partial charge on any atom is 0.251 e. The highest BCUT2D eigenvalue weighted by Crippen LogP contribution is 2.10. The van der Waals surface area contributed by atoms with Gasteiger partial charge in [-0.1, -0.05) is 0 Å². The molecule has 164 valence electrons. The van der Waals surface area contributed by atoms with E-state index in [2.05, 4.69) is 16.0 Å². The molecule has 4 amide bonds. The molecule has 0 aromatic heterocycles. The Morgan fingerprint density at radius 3 is 2.23 bits per heavy atom. The Morgan fingerprint density at radius 1 is 1.00 bits per heavy atom. The predicted octanol–water partition coefficient (Wildman–Crippen LogP) is -0.625. The van der Waals surface area contributed by atoms with E-state index in [1.807, 2.05) is 0 Å². The quantitative estimate of drug-likeness (QED) is 0.284. The number of hydrogen-bond donors (Lipinski definition) is 3. The summed E-state index contributed by atoms with van der Waals surface area (Å²) < 4.78 is 0. The van der Waals surface area contributed by atoms with Crippen LogP contribution in [-0.4, -0.2) is 65.4 Å². The minimum Gasteiger partial charge on any atom is -0.354 e. The second-order valence-electron chi connectivity index (χ2n) is 7.00. The number of carbonyl (C=O) groups is 5. The first kappa shape index (κ1) is 24.8. The fourth-order valence-electron chi connectivity index (χ4n) is 2.55. The van der Waals surface area contributed by atoms with Crippen LogP contribution in [0.2, 0.25) is 0 Å². The van der Waals surface area contributed by atoms with Gasteiger partial charge in [0.05, 0.1) is 6.04 Å². The van der Waals surface area contributed by atoms with E-state index in [4.69, 9.17) is 0 Å². The summed E-state index contributed by atoms with van der Waals surface area (Å²) in [5, 5.41) is 7.71. The molecule has 1 aliphatic rings. The summed E-state index contributed by atoms with van der Waals surface area (Å²) in [6.07, 6.45) is 3.95. The van der Waals surface area contributed by atoms with Crippen LogP contribution >= 0.6 is 0 Å². The third-order valence-electron chi connectivity index (χ3n) is 4.50. The minimum absolute atomic E-state index is 0.138. The van der Waals surface area contributed by atoms with Crippen LogP contribution < -0.4 is 16.0 Å². The van der Waals surface area contributed by atoms with Crippen LogP contribution in [-0.2, 0) is 28.8 Å². The van der Waals surface area contributed by atoms with Crippen molar-refractivity contribution in [2.45, 2.75) is 58.5 Å². The highest BCUT2D eigenvalue weighted by molar-refractivity contribution is 5.95. The Kier molecular flexibility index (Phi) is 10.2. The zero-order chi connectivity index (χ0) is 22.7. The molecular weight excluding hydrogens is 392 g/mol. The van der Waals surface area contributed by atoms with Crippen molar-refractivity contribution < 1.29 is 28.8 Å². The molecular formula is C20H28N4O6. The molecule has 1 heterocycles. The van der Waals surface area contributed by atoms with Crippen molar-refractivity contribution in [1.82, 2.24) is 20.9 Å². The summed E-state index contributed by atoms with van der Waals surface area (Å²) >= 11 is 0. The van der Waals surface area contributed by atoms with Crippen LogP contribution in [0, 0.1) is 0 Å². The van der Waals surface area contributed by atoms with Crippen LogP contribution in [0.5, 0.6) is 0 Å². The standard InChI is InChI=1S/C20H28N4O6/c1-13(15(3)26)23-20(30)14(2)22-18(28)7-5-4-6-17(27)21-10-11-24-16(12-25)8-9-19(24)29/h8-9,13-14H,4-7,10-11H2,1-3H3,(H,21,27)(H,22,28)(H,23,30)/t13-,14-/m0/s1. The van der Waals surface area contributed by atoms with Gasteiger partial charge in [0.15, 0.2) is 11.7 Å². The molecule has 0 saturated heterocycles. The van der Waals surface area contributed by atoms with E-state index >= 15 is 0 Å². The van der Waals surface area contributed by atoms with Gasteiger partial charge < -0.3 is 16.0 Å². The lowest BCUT2D eigenvalue weighted by molar-refractivity contribution is -0.130. The van der Waals surface area contributed by atoms with Gasteiger partial charge in [0.1, 0.15) is 11.7 Å². The Bertz CT molecular complexity index is 769. The molecule has 2 atom stereocenters. The second-order valence-corrected chi connectivity index (χ2v) is 7.00. The molecule has 0 unspecified atom stereocenters. The van der Waals surface area contributed by atoms with Gasteiger partial charge in [0.25, 0.3) is 5.91 Å². The molecule has 10 nitrogen and oxygen atoms in total. The first-order chi connectivity index (χ1) is 14.1. The monoisotopic (exact) mass is 420 g/mol. The van der Waals surface area contributed by atoms with Gasteiger partial charge in [-0.3, -0.25) is 28.9 Å². The van der Waals surface area contributed by atoms with Crippen LogP contribution in [0.3, 0.4) is 0 Å². The molecule has 0 saturated carbocycles. The van der Waals surface area contributed by atoms with Crippen molar-refractivity contribution in [3.8, 4) is 0 Å². The normalized spacial score (nSPS) is 14.7. The molecule has 0 aromatic carbocycles. The molecule has 0 aliphatic carbocycles. The number of carbonyl (C=O) groups excluding carboxylic acids is 6. The first-order valence-corrected chi connectivity index (χ1v) is 9.77. The van der Waals surface area contributed by atoms with Gasteiger partial charge in [-0.25, -0.2) is 4.79 Å². The van der Waals surface area contributed by atoms with E-state index in [0.717, 1.165) is 0 Å². The van der Waals surface area contributed by atoms with Crippen molar-refractivity contribution in [2.75, 3.05) is 13.1 Å². The SMILES string of the molecule is CC(=O)[C@H](C)NC(=O)[C@H](C)NC(=O)CCCCC(=O)NCCN1C(=O)C=CC1=C=O. The Labute approximate surface area is 175 Å². The Hall–Kier alpha value is -3.26. The second kappa shape index (κ2) is 12.3. The number of amides is 4. The van der Waals surface area contributed by atoms with E-state index in [0.29, 0.717) is 12.8 Å². The highest BCUT2D eigenvalue weighted by Gasteiger charge is 2.21. The number of hydrogen-bond acceptors (Lipinski definition) is 6. The Balaban J connectivity index is 2.17. The number of unbranched alkanes of at least 4 members (excludes halogenated alkanes) is 1. The summed E-state index contributed by atoms with van der Waals surface area (Å²) in [7, 11) is 0. The molecule has 0 aromatic rings. The van der Waals surface area contributed by atoms with Gasteiger partial charge in [-0.2, -0.15) is 0 Å². The molecule has 0 radical (unpaired) electrons. The fraction of sp³-hybridized carbons (Fsp3) is 0.550. The van der Waals surface area contributed by atoms with Crippen LogP contribution in [0.15, 0.2) is 17.8 Å². The smallest absolute Gasteiger partial charge is 0.251 e. The number of allylic oxidation sites excluding steroid dienone is 1. The fourth-order valence-corrected chi connectivity index (χ4v) is 2.55. The van der Waals surface area contributed by atoms with E-state index in [9.17, 15) is 28.8 Å². The number of nitrogens with one attached hydrogen (secondary N) is 3. The number of nitrogens with zero attached hydrogens (tertiary/aromatic N) is 1. The highest BCUT2D eigenvalue weighted by atomic mass is 16.2. The largest absolute Gasteiger partial charge is 0.354 e. The zero-order valence-corrected chi connectivity index (χ0v) is 17.4. The van der Waals surface area contributed by atoms with E-state index in [-0.39, 0.29) is 55.1 Å². The summed E-state index contributed by atoms with van der Waals surface area (Å²) in [6, 6.07) is -1.38. The van der Waals surface area contributed by atoms with E-state index < -0.39 is 18.0 Å². The molecule has 0 fully saturated rings. The molecule has 1 rings (SSSR count). The van der Waals surface area contributed by atoms with Crippen molar-refractivity contribution in [3.63, 3.8) is 0 Å². The number of ketones is 1. The molecule has 0 spiro atoms. The topological polar surface area (TPSA) is 142 Å². The lowest BCUT2D eigenvalue weighted by Crippen LogP contribution is -2.48. The third-order valence-corrected chi connectivity index (χ3v) is 4.50. The molecule has 1 aliphatic heterocycles. The van der Waals surface area contributed by atoms with Gasteiger partial charge in [0, 0.05) is 32.0 Å². The van der Waals surface area contributed by atoms with Gasteiger partial charge in [0.2, 0.25) is 17.7 Å². The molecule has 0 bridgehead atoms. The van der Waals surface area contributed by atoms with Gasteiger partial charge in [-0.05, 0) is 39.7 Å². The average molecular weight is 420 g/mol. The third kappa shape index (κ3) is 8.40. The summed E-state index contributed by atoms with van der Waals surface area (Å²) in [5.41, 5.74) is 0.138. The molecule has 3 N–H and O–H groups in total. The number of Topliss-reactive ketones (excluding diaryl/α,β-unsaturated/α-hetero) is 1. The van der Waals surface area contributed by atoms with E-state index in [1.54, 1.807) is 12.9 Å².